The maximum Gasteiger partial charge on any atom is 0.254 e. The minimum atomic E-state index is 0. The molecule has 1 amide bonds. The number of aryl methyl sites for hydroxylation is 1. The van der Waals surface area contributed by atoms with Gasteiger partial charge in [0.05, 0.1) is 5.02 Å². The van der Waals surface area contributed by atoms with Crippen molar-refractivity contribution < 1.29 is 4.79 Å². The van der Waals surface area contributed by atoms with Crippen LogP contribution in [0.15, 0.2) is 36.5 Å². The Morgan fingerprint density at radius 2 is 1.80 bits per heavy atom. The fourth-order valence-electron chi connectivity index (χ4n) is 2.73. The molecule has 0 spiro atoms. The van der Waals surface area contributed by atoms with E-state index in [9.17, 15) is 4.79 Å². The molecule has 0 saturated carbocycles. The van der Waals surface area contributed by atoms with E-state index in [-0.39, 0.29) is 30.7 Å². The van der Waals surface area contributed by atoms with E-state index >= 15 is 0 Å². The number of nitrogens with two attached hydrogens (primary N) is 1. The van der Waals surface area contributed by atoms with E-state index in [1.165, 1.54) is 0 Å². The number of pyridine rings is 1. The van der Waals surface area contributed by atoms with Crippen LogP contribution in [-0.2, 0) is 0 Å². The first kappa shape index (κ1) is 21.4. The highest BCUT2D eigenvalue weighted by atomic mass is 35.5. The lowest BCUT2D eigenvalue weighted by Gasteiger charge is -2.35. The number of anilines is 2. The predicted molar refractivity (Wildman–Crippen MR) is 107 cm³/mol. The molecule has 3 rings (SSSR count). The molecule has 1 aliphatic heterocycles. The zero-order chi connectivity index (χ0) is 16.4. The number of halogens is 3. The number of aromatic nitrogens is 1. The quantitative estimate of drug-likeness (QED) is 0.780. The second kappa shape index (κ2) is 9.13. The molecule has 0 bridgehead atoms. The molecule has 8 heteroatoms. The molecule has 136 valence electrons. The van der Waals surface area contributed by atoms with Gasteiger partial charge in [0.1, 0.15) is 5.82 Å². The Kier molecular flexibility index (Phi) is 7.80. The third-order valence-corrected chi connectivity index (χ3v) is 4.32. The molecule has 1 aromatic heterocycles. The molecule has 0 radical (unpaired) electrons. The molecule has 2 heterocycles. The van der Waals surface area contributed by atoms with Crippen molar-refractivity contribution >= 4 is 53.8 Å². The highest BCUT2D eigenvalue weighted by Gasteiger charge is 2.23. The molecule has 1 aliphatic rings. The zero-order valence-electron chi connectivity index (χ0n) is 13.8. The highest BCUT2D eigenvalue weighted by Crippen LogP contribution is 2.19. The van der Waals surface area contributed by atoms with Crippen molar-refractivity contribution in [1.82, 2.24) is 9.88 Å². The van der Waals surface area contributed by atoms with Crippen molar-refractivity contribution in [2.24, 2.45) is 0 Å². The molecule has 1 aromatic carbocycles. The summed E-state index contributed by atoms with van der Waals surface area (Å²) in [5, 5.41) is 0.625. The second-order valence-corrected chi connectivity index (χ2v) is 6.12. The molecule has 2 N–H and O–H groups in total. The Labute approximate surface area is 165 Å². The van der Waals surface area contributed by atoms with Gasteiger partial charge in [-0.1, -0.05) is 17.7 Å². The van der Waals surface area contributed by atoms with Gasteiger partial charge in [-0.05, 0) is 36.8 Å². The van der Waals surface area contributed by atoms with E-state index in [0.29, 0.717) is 29.4 Å². The first-order valence-corrected chi connectivity index (χ1v) is 7.94. The summed E-state index contributed by atoms with van der Waals surface area (Å²) < 4.78 is 0. The third-order valence-electron chi connectivity index (χ3n) is 4.09. The van der Waals surface area contributed by atoms with Gasteiger partial charge in [-0.15, -0.1) is 24.8 Å². The maximum absolute atomic E-state index is 12.7. The second-order valence-electron chi connectivity index (χ2n) is 5.69. The summed E-state index contributed by atoms with van der Waals surface area (Å²) in [5.41, 5.74) is 8.05. The SMILES string of the molecule is Cc1ccc(N)cc1C(=O)N1CCN(c2ccc(Cl)cn2)CC1.Cl.Cl. The number of hydrogen-bond donors (Lipinski definition) is 1. The van der Waals surface area contributed by atoms with Gasteiger partial charge >= 0.3 is 0 Å². The maximum atomic E-state index is 12.7. The predicted octanol–water partition coefficient (Wildman–Crippen LogP) is 3.43. The van der Waals surface area contributed by atoms with Crippen LogP contribution in [0.2, 0.25) is 5.02 Å². The normalized spacial score (nSPS) is 13.7. The Morgan fingerprint density at radius 1 is 1.12 bits per heavy atom. The van der Waals surface area contributed by atoms with Crippen molar-refractivity contribution in [3.63, 3.8) is 0 Å². The monoisotopic (exact) mass is 402 g/mol. The topological polar surface area (TPSA) is 62.5 Å². The van der Waals surface area contributed by atoms with E-state index in [0.717, 1.165) is 24.5 Å². The van der Waals surface area contributed by atoms with Gasteiger partial charge < -0.3 is 15.5 Å². The number of nitrogen functional groups attached to an aromatic ring is 1. The summed E-state index contributed by atoms with van der Waals surface area (Å²) in [6.07, 6.45) is 1.64. The third kappa shape index (κ3) is 4.91. The minimum absolute atomic E-state index is 0. The Morgan fingerprint density at radius 3 is 2.40 bits per heavy atom. The van der Waals surface area contributed by atoms with Crippen LogP contribution in [0, 0.1) is 6.92 Å². The Balaban J connectivity index is 0.00000156. The molecular formula is C17H21Cl3N4O. The number of nitrogens with zero attached hydrogens (tertiary/aromatic N) is 3. The summed E-state index contributed by atoms with van der Waals surface area (Å²) in [6, 6.07) is 9.19. The smallest absolute Gasteiger partial charge is 0.254 e. The number of carbonyl (C=O) groups is 1. The van der Waals surface area contributed by atoms with Crippen LogP contribution in [0.5, 0.6) is 0 Å². The standard InChI is InChI=1S/C17H19ClN4O.2ClH/c1-12-2-4-14(19)10-15(12)17(23)22-8-6-21(7-9-22)16-5-3-13(18)11-20-16;;/h2-5,10-11H,6-9,19H2,1H3;2*1H. The van der Waals surface area contributed by atoms with E-state index in [2.05, 4.69) is 9.88 Å². The van der Waals surface area contributed by atoms with Gasteiger partial charge in [-0.3, -0.25) is 4.79 Å². The van der Waals surface area contributed by atoms with Crippen LogP contribution in [0.25, 0.3) is 0 Å². The summed E-state index contributed by atoms with van der Waals surface area (Å²) >= 11 is 5.87. The molecule has 1 fully saturated rings. The molecule has 0 aliphatic carbocycles. The van der Waals surface area contributed by atoms with Crippen LogP contribution in [0.4, 0.5) is 11.5 Å². The van der Waals surface area contributed by atoms with Gasteiger partial charge in [0.25, 0.3) is 5.91 Å². The van der Waals surface area contributed by atoms with E-state index in [1.807, 2.05) is 36.1 Å². The number of hydrogen-bond acceptors (Lipinski definition) is 4. The molecule has 2 aromatic rings. The van der Waals surface area contributed by atoms with E-state index in [1.54, 1.807) is 12.3 Å². The number of amides is 1. The lowest BCUT2D eigenvalue weighted by atomic mass is 10.1. The van der Waals surface area contributed by atoms with Crippen molar-refractivity contribution in [3.05, 3.63) is 52.7 Å². The van der Waals surface area contributed by atoms with Crippen LogP contribution in [-0.4, -0.2) is 42.0 Å². The molecule has 0 atom stereocenters. The zero-order valence-corrected chi connectivity index (χ0v) is 16.2. The van der Waals surface area contributed by atoms with Gasteiger partial charge in [0.15, 0.2) is 0 Å². The number of piperazine rings is 1. The molecule has 1 saturated heterocycles. The van der Waals surface area contributed by atoms with Gasteiger partial charge in [0, 0.05) is 43.6 Å². The van der Waals surface area contributed by atoms with Crippen LogP contribution >= 0.6 is 36.4 Å². The fourth-order valence-corrected chi connectivity index (χ4v) is 2.85. The average molecular weight is 404 g/mol. The largest absolute Gasteiger partial charge is 0.399 e. The van der Waals surface area contributed by atoms with Crippen LogP contribution in [0.1, 0.15) is 15.9 Å². The van der Waals surface area contributed by atoms with Gasteiger partial charge in [-0.2, -0.15) is 0 Å². The van der Waals surface area contributed by atoms with Crippen molar-refractivity contribution in [2.75, 3.05) is 36.8 Å². The number of carbonyl (C=O) groups excluding carboxylic acids is 1. The first-order chi connectivity index (χ1) is 11.0. The molecule has 5 nitrogen and oxygen atoms in total. The highest BCUT2D eigenvalue weighted by molar-refractivity contribution is 6.30. The van der Waals surface area contributed by atoms with Crippen molar-refractivity contribution in [3.8, 4) is 0 Å². The lowest BCUT2D eigenvalue weighted by molar-refractivity contribution is 0.0746. The fraction of sp³-hybridized carbons (Fsp3) is 0.294. The minimum Gasteiger partial charge on any atom is -0.399 e. The van der Waals surface area contributed by atoms with Crippen LogP contribution in [0.3, 0.4) is 0 Å². The summed E-state index contributed by atoms with van der Waals surface area (Å²) in [4.78, 5) is 21.0. The molecule has 0 unspecified atom stereocenters. The number of rotatable bonds is 2. The summed E-state index contributed by atoms with van der Waals surface area (Å²) in [6.45, 7) is 4.76. The molecular weight excluding hydrogens is 383 g/mol. The van der Waals surface area contributed by atoms with Crippen molar-refractivity contribution in [1.29, 1.82) is 0 Å². The van der Waals surface area contributed by atoms with Gasteiger partial charge in [-0.25, -0.2) is 4.98 Å². The van der Waals surface area contributed by atoms with E-state index in [4.69, 9.17) is 17.3 Å². The Hall–Kier alpha value is -1.69. The summed E-state index contributed by atoms with van der Waals surface area (Å²) in [5.74, 6) is 0.931. The lowest BCUT2D eigenvalue weighted by Crippen LogP contribution is -2.49. The van der Waals surface area contributed by atoms with Gasteiger partial charge in [0.2, 0.25) is 0 Å². The van der Waals surface area contributed by atoms with E-state index < -0.39 is 0 Å². The first-order valence-electron chi connectivity index (χ1n) is 7.56. The van der Waals surface area contributed by atoms with Crippen molar-refractivity contribution in [2.45, 2.75) is 6.92 Å². The number of benzene rings is 1. The summed E-state index contributed by atoms with van der Waals surface area (Å²) in [7, 11) is 0. The average Bonchev–Trinajstić information content (AvgIpc) is 2.57. The molecule has 25 heavy (non-hydrogen) atoms. The van der Waals surface area contributed by atoms with Crippen LogP contribution < -0.4 is 10.6 Å². The Bertz CT molecular complexity index is 716.